The third-order valence-corrected chi connectivity index (χ3v) is 2.92. The molecule has 0 unspecified atom stereocenters. The number of nitrogens with zero attached hydrogens (tertiary/aromatic N) is 9. The highest BCUT2D eigenvalue weighted by molar-refractivity contribution is 5.96. The first kappa shape index (κ1) is 19.2. The van der Waals surface area contributed by atoms with E-state index in [1.54, 1.807) is 14.1 Å². The summed E-state index contributed by atoms with van der Waals surface area (Å²) in [6.07, 6.45) is 2.52. The van der Waals surface area contributed by atoms with Crippen molar-refractivity contribution in [2.24, 2.45) is 28.9 Å². The molecule has 0 radical (unpaired) electrons. The molecule has 0 atom stereocenters. The number of nitrogens with two attached hydrogens (primary N) is 2. The van der Waals surface area contributed by atoms with Crippen LogP contribution in [0.15, 0.2) is 27.8 Å². The zero-order chi connectivity index (χ0) is 20.1. The maximum Gasteiger partial charge on any atom is 0.352 e. The number of hydrogen-bond acceptors (Lipinski definition) is 9. The predicted octanol–water partition coefficient (Wildman–Crippen LogP) is -2.01. The van der Waals surface area contributed by atoms with Crippen molar-refractivity contribution in [1.82, 2.24) is 39.4 Å². The number of carbonyl (C=O) groups excluding carboxylic acids is 2. The van der Waals surface area contributed by atoms with E-state index in [2.05, 4.69) is 35.6 Å². The molecule has 142 valence electrons. The lowest BCUT2D eigenvalue weighted by Crippen LogP contribution is -2.27. The second-order valence-electron chi connectivity index (χ2n) is 5.15. The molecule has 5 N–H and O–H groups in total. The van der Waals surface area contributed by atoms with Crippen LogP contribution in [0, 0.1) is 0 Å². The van der Waals surface area contributed by atoms with Crippen molar-refractivity contribution in [3.05, 3.63) is 34.5 Å². The van der Waals surface area contributed by atoms with Crippen molar-refractivity contribution < 1.29 is 9.59 Å². The SMILES string of the molecule is CN(C)N=Nc1nc[nH]c1C(N)=O.Cn1nnc2c(C(N)=O)ncn2c1=O. The van der Waals surface area contributed by atoms with Gasteiger partial charge in [-0.05, 0) is 0 Å². The van der Waals surface area contributed by atoms with Gasteiger partial charge >= 0.3 is 5.69 Å². The van der Waals surface area contributed by atoms with Crippen molar-refractivity contribution in [3.63, 3.8) is 0 Å². The summed E-state index contributed by atoms with van der Waals surface area (Å²) < 4.78 is 2.13. The first-order valence-corrected chi connectivity index (χ1v) is 7.21. The molecule has 3 rings (SSSR count). The van der Waals surface area contributed by atoms with Crippen molar-refractivity contribution in [1.29, 1.82) is 0 Å². The third-order valence-electron chi connectivity index (χ3n) is 2.92. The zero-order valence-corrected chi connectivity index (χ0v) is 14.6. The number of hydrogen-bond donors (Lipinski definition) is 3. The van der Waals surface area contributed by atoms with Crippen LogP contribution in [0.25, 0.3) is 5.65 Å². The Morgan fingerprint density at radius 3 is 2.52 bits per heavy atom. The normalized spacial score (nSPS) is 10.6. The third kappa shape index (κ3) is 4.27. The van der Waals surface area contributed by atoms with Gasteiger partial charge in [-0.3, -0.25) is 14.6 Å². The Bertz CT molecular complexity index is 1060. The van der Waals surface area contributed by atoms with Crippen LogP contribution in [-0.4, -0.2) is 65.3 Å². The van der Waals surface area contributed by atoms with Gasteiger partial charge in [-0.15, -0.1) is 10.2 Å². The topological polar surface area (TPSA) is 208 Å². The average Bonchev–Trinajstić information content (AvgIpc) is 3.23. The Kier molecular flexibility index (Phi) is 5.54. The lowest BCUT2D eigenvalue weighted by Gasteiger charge is -1.98. The molecule has 0 saturated carbocycles. The summed E-state index contributed by atoms with van der Waals surface area (Å²) in [5.74, 6) is -1.15. The first-order valence-electron chi connectivity index (χ1n) is 7.21. The van der Waals surface area contributed by atoms with Crippen molar-refractivity contribution in [3.8, 4) is 0 Å². The Morgan fingerprint density at radius 2 is 1.93 bits per heavy atom. The van der Waals surface area contributed by atoms with Crippen LogP contribution in [-0.2, 0) is 7.05 Å². The quantitative estimate of drug-likeness (QED) is 0.341. The average molecular weight is 376 g/mol. The number of amides is 2. The zero-order valence-electron chi connectivity index (χ0n) is 14.6. The minimum atomic E-state index is -0.741. The molecule has 0 aromatic carbocycles. The van der Waals surface area contributed by atoms with Gasteiger partial charge < -0.3 is 16.5 Å². The summed E-state index contributed by atoms with van der Waals surface area (Å²) in [4.78, 5) is 43.0. The molecule has 0 spiro atoms. The Labute approximate surface area is 150 Å². The molecule has 3 heterocycles. The Morgan fingerprint density at radius 1 is 1.22 bits per heavy atom. The van der Waals surface area contributed by atoms with Crippen LogP contribution >= 0.6 is 0 Å². The molecule has 3 aromatic rings. The lowest BCUT2D eigenvalue weighted by atomic mass is 10.4. The highest BCUT2D eigenvalue weighted by Gasteiger charge is 2.13. The molecule has 2 amide bonds. The maximum absolute atomic E-state index is 11.4. The van der Waals surface area contributed by atoms with Gasteiger partial charge in [0, 0.05) is 21.1 Å². The minimum absolute atomic E-state index is 0.0600. The molecule has 0 saturated heterocycles. The minimum Gasteiger partial charge on any atom is -0.364 e. The number of aromatic amines is 1. The van der Waals surface area contributed by atoms with Gasteiger partial charge in [-0.2, -0.15) is 4.68 Å². The summed E-state index contributed by atoms with van der Waals surface area (Å²) in [6, 6.07) is 0. The number of carbonyl (C=O) groups is 2. The predicted molar refractivity (Wildman–Crippen MR) is 89.8 cm³/mol. The second kappa shape index (κ2) is 7.81. The number of rotatable bonds is 4. The number of H-pyrrole nitrogens is 1. The van der Waals surface area contributed by atoms with E-state index in [1.165, 1.54) is 24.7 Å². The van der Waals surface area contributed by atoms with Crippen LogP contribution < -0.4 is 17.2 Å². The molecule has 15 heteroatoms. The van der Waals surface area contributed by atoms with Crippen molar-refractivity contribution in [2.45, 2.75) is 0 Å². The van der Waals surface area contributed by atoms with Crippen LogP contribution in [0.3, 0.4) is 0 Å². The Balaban J connectivity index is 0.000000194. The number of primary amides is 2. The number of fused-ring (bicyclic) bond motifs is 1. The summed E-state index contributed by atoms with van der Waals surface area (Å²) in [5, 5.41) is 16.0. The largest absolute Gasteiger partial charge is 0.364 e. The van der Waals surface area contributed by atoms with Gasteiger partial charge in [-0.1, -0.05) is 10.4 Å². The fourth-order valence-electron chi connectivity index (χ4n) is 1.73. The molecule has 0 fully saturated rings. The molecular formula is C12H16N12O3. The van der Waals surface area contributed by atoms with Crippen LogP contribution in [0.4, 0.5) is 5.82 Å². The van der Waals surface area contributed by atoms with Gasteiger partial charge in [0.25, 0.3) is 11.8 Å². The summed E-state index contributed by atoms with van der Waals surface area (Å²) in [6.45, 7) is 0. The first-order chi connectivity index (χ1) is 12.7. The van der Waals surface area contributed by atoms with Crippen LogP contribution in [0.2, 0.25) is 0 Å². The molecular weight excluding hydrogens is 360 g/mol. The van der Waals surface area contributed by atoms with Gasteiger partial charge in [0.2, 0.25) is 5.82 Å². The van der Waals surface area contributed by atoms with Gasteiger partial charge in [-0.25, -0.2) is 19.2 Å². The van der Waals surface area contributed by atoms with Gasteiger partial charge in [0.05, 0.1) is 6.33 Å². The number of imidazole rings is 2. The molecule has 0 aliphatic carbocycles. The second-order valence-corrected chi connectivity index (χ2v) is 5.15. The summed E-state index contributed by atoms with van der Waals surface area (Å²) in [5.41, 5.74) is 9.79. The van der Waals surface area contributed by atoms with E-state index in [9.17, 15) is 14.4 Å². The fourth-order valence-corrected chi connectivity index (χ4v) is 1.73. The smallest absolute Gasteiger partial charge is 0.352 e. The van der Waals surface area contributed by atoms with Gasteiger partial charge in [0.1, 0.15) is 6.33 Å². The summed E-state index contributed by atoms with van der Waals surface area (Å²) >= 11 is 0. The fraction of sp³-hybridized carbons (Fsp3) is 0.250. The number of aromatic nitrogens is 7. The molecule has 0 aliphatic heterocycles. The molecule has 0 aliphatic rings. The van der Waals surface area contributed by atoms with E-state index in [1.807, 2.05) is 0 Å². The Hall–Kier alpha value is -4.17. The number of aryl methyl sites for hydroxylation is 1. The van der Waals surface area contributed by atoms with E-state index in [0.717, 1.165) is 9.08 Å². The van der Waals surface area contributed by atoms with Gasteiger partial charge in [0.15, 0.2) is 17.0 Å². The lowest BCUT2D eigenvalue weighted by molar-refractivity contribution is 0.0988. The number of nitrogens with one attached hydrogen (secondary N) is 1. The van der Waals surface area contributed by atoms with Crippen LogP contribution in [0.5, 0.6) is 0 Å². The summed E-state index contributed by atoms with van der Waals surface area (Å²) in [7, 11) is 4.86. The van der Waals surface area contributed by atoms with E-state index in [0.29, 0.717) is 0 Å². The van der Waals surface area contributed by atoms with E-state index >= 15 is 0 Å². The van der Waals surface area contributed by atoms with Crippen molar-refractivity contribution in [2.75, 3.05) is 14.1 Å². The molecule has 15 nitrogen and oxygen atoms in total. The highest BCUT2D eigenvalue weighted by Crippen LogP contribution is 2.12. The standard InChI is InChI=1S/C6H6N6O2.C6H10N6O/c1-11-6(14)12-2-8-3(4(7)13)5(12)9-10-11;1-12(2)11-10-6-4(5(7)13)8-3-9-6/h2H,1H3,(H2,7,13);3H,1-2H3,(H2,7,13)(H,8,9). The van der Waals surface area contributed by atoms with E-state index < -0.39 is 17.5 Å². The maximum atomic E-state index is 11.4. The highest BCUT2D eigenvalue weighted by atomic mass is 16.2. The van der Waals surface area contributed by atoms with E-state index in [-0.39, 0.29) is 22.9 Å². The monoisotopic (exact) mass is 376 g/mol. The van der Waals surface area contributed by atoms with E-state index in [4.69, 9.17) is 11.5 Å². The molecule has 0 bridgehead atoms. The molecule has 27 heavy (non-hydrogen) atoms. The van der Waals surface area contributed by atoms with Crippen molar-refractivity contribution >= 4 is 23.3 Å². The molecule has 3 aromatic heterocycles. The van der Waals surface area contributed by atoms with Crippen LogP contribution in [0.1, 0.15) is 21.0 Å².